The number of ether oxygens (including phenoxy) is 1. The molecular formula is C18H15BrN2O3S. The van der Waals surface area contributed by atoms with Gasteiger partial charge in [0.25, 0.3) is 11.1 Å². The molecule has 2 amide bonds. The molecule has 1 aliphatic heterocycles. The Morgan fingerprint density at radius 2 is 1.80 bits per heavy atom. The summed E-state index contributed by atoms with van der Waals surface area (Å²) in [7, 11) is 1.60. The normalized spacial score (nSPS) is 15.8. The summed E-state index contributed by atoms with van der Waals surface area (Å²) in [6.07, 6.45) is 1.71. The van der Waals surface area contributed by atoms with Crippen LogP contribution in [-0.4, -0.2) is 29.8 Å². The second kappa shape index (κ2) is 7.76. The minimum atomic E-state index is -0.296. The number of hydrogen-bond acceptors (Lipinski definition) is 5. The van der Waals surface area contributed by atoms with Crippen LogP contribution in [0.2, 0.25) is 0 Å². The van der Waals surface area contributed by atoms with Crippen molar-refractivity contribution in [3.63, 3.8) is 0 Å². The number of hydrogen-bond donors (Lipinski definition) is 1. The fourth-order valence-electron chi connectivity index (χ4n) is 2.23. The highest BCUT2D eigenvalue weighted by Gasteiger charge is 2.34. The minimum absolute atomic E-state index is 0.131. The number of rotatable bonds is 5. The first-order valence-corrected chi connectivity index (χ1v) is 9.06. The van der Waals surface area contributed by atoms with E-state index >= 15 is 0 Å². The van der Waals surface area contributed by atoms with E-state index in [1.807, 2.05) is 48.5 Å². The van der Waals surface area contributed by atoms with Gasteiger partial charge in [-0.2, -0.15) is 0 Å². The van der Waals surface area contributed by atoms with Crippen molar-refractivity contribution in [3.8, 4) is 5.75 Å². The number of nitrogens with zero attached hydrogens (tertiary/aromatic N) is 1. The summed E-state index contributed by atoms with van der Waals surface area (Å²) in [5.41, 5.74) is 1.67. The van der Waals surface area contributed by atoms with Gasteiger partial charge >= 0.3 is 0 Å². The van der Waals surface area contributed by atoms with Crippen LogP contribution in [0.25, 0.3) is 6.08 Å². The molecule has 0 aliphatic carbocycles. The zero-order valence-electron chi connectivity index (χ0n) is 13.4. The fourth-order valence-corrected chi connectivity index (χ4v) is 3.33. The van der Waals surface area contributed by atoms with Crippen LogP contribution < -0.4 is 10.1 Å². The largest absolute Gasteiger partial charge is 0.497 e. The van der Waals surface area contributed by atoms with Gasteiger partial charge in [0, 0.05) is 10.2 Å². The van der Waals surface area contributed by atoms with E-state index in [2.05, 4.69) is 21.2 Å². The lowest BCUT2D eigenvalue weighted by Crippen LogP contribution is -2.33. The number of amides is 2. The molecule has 1 N–H and O–H groups in total. The van der Waals surface area contributed by atoms with Crippen molar-refractivity contribution in [1.29, 1.82) is 0 Å². The van der Waals surface area contributed by atoms with Crippen molar-refractivity contribution in [2.45, 2.75) is 0 Å². The monoisotopic (exact) mass is 418 g/mol. The Morgan fingerprint density at radius 1 is 1.12 bits per heavy atom. The molecule has 0 saturated carbocycles. The van der Waals surface area contributed by atoms with Gasteiger partial charge in [0.15, 0.2) is 0 Å². The molecule has 2 aromatic carbocycles. The number of carbonyl (C=O) groups excluding carboxylic acids is 2. The van der Waals surface area contributed by atoms with Crippen molar-refractivity contribution in [1.82, 2.24) is 4.90 Å². The summed E-state index contributed by atoms with van der Waals surface area (Å²) in [6.45, 7) is 0.131. The van der Waals surface area contributed by atoms with Gasteiger partial charge in [0.05, 0.1) is 18.7 Å². The molecule has 128 valence electrons. The van der Waals surface area contributed by atoms with Gasteiger partial charge in [0.2, 0.25) is 0 Å². The standard InChI is InChI=1S/C18H15BrN2O3S/c1-24-15-8-2-12(3-9-15)10-16-17(22)21(18(23)25-16)11-20-14-6-4-13(19)5-7-14/h2-10,20H,11H2,1H3/b16-10-. The summed E-state index contributed by atoms with van der Waals surface area (Å²) in [6, 6.07) is 14.8. The van der Waals surface area contributed by atoms with E-state index in [1.165, 1.54) is 4.90 Å². The van der Waals surface area contributed by atoms with E-state index < -0.39 is 0 Å². The van der Waals surface area contributed by atoms with Crippen molar-refractivity contribution in [3.05, 3.63) is 63.5 Å². The summed E-state index contributed by atoms with van der Waals surface area (Å²) >= 11 is 4.31. The highest BCUT2D eigenvalue weighted by molar-refractivity contribution is 9.10. The predicted molar refractivity (Wildman–Crippen MR) is 103 cm³/mol. The third-order valence-electron chi connectivity index (χ3n) is 3.57. The molecular weight excluding hydrogens is 404 g/mol. The third kappa shape index (κ3) is 4.24. The number of methoxy groups -OCH3 is 1. The fraction of sp³-hybridized carbons (Fsp3) is 0.111. The van der Waals surface area contributed by atoms with Crippen molar-refractivity contribution in [2.24, 2.45) is 0 Å². The first-order valence-electron chi connectivity index (χ1n) is 7.45. The topological polar surface area (TPSA) is 58.6 Å². The van der Waals surface area contributed by atoms with Gasteiger partial charge in [-0.3, -0.25) is 14.5 Å². The van der Waals surface area contributed by atoms with Crippen LogP contribution >= 0.6 is 27.7 Å². The Hall–Kier alpha value is -2.25. The molecule has 0 aromatic heterocycles. The number of benzene rings is 2. The summed E-state index contributed by atoms with van der Waals surface area (Å²) in [5.74, 6) is 0.444. The average molecular weight is 419 g/mol. The Balaban J connectivity index is 1.68. The SMILES string of the molecule is COc1ccc(/C=C2\SC(=O)N(CNc3ccc(Br)cc3)C2=O)cc1. The van der Waals surface area contributed by atoms with E-state index in [0.717, 1.165) is 33.2 Å². The molecule has 2 aromatic rings. The number of carbonyl (C=O) groups is 2. The Morgan fingerprint density at radius 3 is 2.44 bits per heavy atom. The Labute approximate surface area is 158 Å². The molecule has 0 unspecified atom stereocenters. The van der Waals surface area contributed by atoms with E-state index in [9.17, 15) is 9.59 Å². The van der Waals surface area contributed by atoms with Crippen molar-refractivity contribution in [2.75, 3.05) is 19.1 Å². The average Bonchev–Trinajstić information content (AvgIpc) is 2.89. The molecule has 1 saturated heterocycles. The number of nitrogens with one attached hydrogen (secondary N) is 1. The van der Waals surface area contributed by atoms with E-state index in [1.54, 1.807) is 13.2 Å². The van der Waals surface area contributed by atoms with E-state index in [4.69, 9.17) is 4.74 Å². The molecule has 0 bridgehead atoms. The maximum Gasteiger partial charge on any atom is 0.295 e. The zero-order valence-corrected chi connectivity index (χ0v) is 15.8. The molecule has 7 heteroatoms. The second-order valence-electron chi connectivity index (χ2n) is 5.22. The van der Waals surface area contributed by atoms with Crippen LogP contribution in [0.5, 0.6) is 5.75 Å². The van der Waals surface area contributed by atoms with Crippen molar-refractivity contribution >= 4 is 50.6 Å². The molecule has 0 radical (unpaired) electrons. The lowest BCUT2D eigenvalue weighted by atomic mass is 10.2. The quantitative estimate of drug-likeness (QED) is 0.720. The van der Waals surface area contributed by atoms with Gasteiger partial charge < -0.3 is 10.1 Å². The van der Waals surface area contributed by atoms with Crippen LogP contribution in [0.1, 0.15) is 5.56 Å². The summed E-state index contributed by atoms with van der Waals surface area (Å²) < 4.78 is 6.07. The second-order valence-corrected chi connectivity index (χ2v) is 7.13. The first kappa shape index (κ1) is 17.6. The highest BCUT2D eigenvalue weighted by atomic mass is 79.9. The maximum atomic E-state index is 12.5. The van der Waals surface area contributed by atoms with Crippen LogP contribution in [0.3, 0.4) is 0 Å². The molecule has 1 heterocycles. The van der Waals surface area contributed by atoms with Gasteiger partial charge in [-0.15, -0.1) is 0 Å². The predicted octanol–water partition coefficient (Wildman–Crippen LogP) is 4.56. The smallest absolute Gasteiger partial charge is 0.295 e. The summed E-state index contributed by atoms with van der Waals surface area (Å²) in [5, 5.41) is 2.80. The van der Waals surface area contributed by atoms with Crippen molar-refractivity contribution < 1.29 is 14.3 Å². The molecule has 1 aliphatic rings. The molecule has 0 spiro atoms. The summed E-state index contributed by atoms with van der Waals surface area (Å²) in [4.78, 5) is 26.2. The lowest BCUT2D eigenvalue weighted by Gasteiger charge is -2.14. The van der Waals surface area contributed by atoms with E-state index in [0.29, 0.717) is 4.91 Å². The molecule has 25 heavy (non-hydrogen) atoms. The molecule has 5 nitrogen and oxygen atoms in total. The number of imide groups is 1. The number of thioether (sulfide) groups is 1. The van der Waals surface area contributed by atoms with Crippen LogP contribution in [-0.2, 0) is 4.79 Å². The molecule has 3 rings (SSSR count). The van der Waals surface area contributed by atoms with Gasteiger partial charge in [-0.1, -0.05) is 28.1 Å². The number of anilines is 1. The lowest BCUT2D eigenvalue weighted by molar-refractivity contribution is -0.122. The Bertz CT molecular complexity index is 819. The zero-order chi connectivity index (χ0) is 17.8. The third-order valence-corrected chi connectivity index (χ3v) is 5.01. The molecule has 0 atom stereocenters. The highest BCUT2D eigenvalue weighted by Crippen LogP contribution is 2.32. The first-order chi connectivity index (χ1) is 12.1. The maximum absolute atomic E-state index is 12.5. The van der Waals surface area contributed by atoms with Gasteiger partial charge in [0.1, 0.15) is 5.75 Å². The Kier molecular flexibility index (Phi) is 5.45. The van der Waals surface area contributed by atoms with E-state index in [-0.39, 0.29) is 17.8 Å². The molecule has 1 fully saturated rings. The van der Waals surface area contributed by atoms with Crippen LogP contribution in [0, 0.1) is 0 Å². The van der Waals surface area contributed by atoms with Crippen LogP contribution in [0.15, 0.2) is 57.9 Å². The van der Waals surface area contributed by atoms with Crippen LogP contribution in [0.4, 0.5) is 10.5 Å². The number of halogens is 1. The minimum Gasteiger partial charge on any atom is -0.497 e. The van der Waals surface area contributed by atoms with Gasteiger partial charge in [-0.05, 0) is 59.8 Å². The van der Waals surface area contributed by atoms with Gasteiger partial charge in [-0.25, -0.2) is 0 Å².